The first-order chi connectivity index (χ1) is 14.9. The third kappa shape index (κ3) is 28.4. The van der Waals surface area contributed by atoms with Crippen LogP contribution in [0.1, 0.15) is 174 Å². The second-order valence-electron chi connectivity index (χ2n) is 9.58. The van der Waals surface area contributed by atoms with E-state index in [0.29, 0.717) is 0 Å². The molecule has 0 aliphatic rings. The minimum absolute atomic E-state index is 1.21. The van der Waals surface area contributed by atoms with E-state index in [1.807, 2.05) is 11.8 Å². The van der Waals surface area contributed by atoms with Gasteiger partial charge in [0.25, 0.3) is 0 Å². The highest BCUT2D eigenvalue weighted by Gasteiger charge is 1.96. The van der Waals surface area contributed by atoms with Gasteiger partial charge in [-0.3, -0.25) is 0 Å². The van der Waals surface area contributed by atoms with Crippen LogP contribution < -0.4 is 0 Å². The van der Waals surface area contributed by atoms with Crippen molar-refractivity contribution in [2.45, 2.75) is 174 Å². The minimum Gasteiger partial charge on any atom is -0.157 e. The highest BCUT2D eigenvalue weighted by atomic mass is 32.2. The molecular weight excluding hydrogens is 380 g/mol. The lowest BCUT2D eigenvalue weighted by Crippen LogP contribution is -1.85. The molecule has 0 aromatic heterocycles. The molecule has 0 aromatic carbocycles. The Hall–Kier alpha value is 0.350. The van der Waals surface area contributed by atoms with Crippen molar-refractivity contribution in [1.82, 2.24) is 0 Å². The van der Waals surface area contributed by atoms with E-state index in [4.69, 9.17) is 0 Å². The van der Waals surface area contributed by atoms with Crippen molar-refractivity contribution >= 4 is 11.8 Å². The van der Waals surface area contributed by atoms with Gasteiger partial charge in [-0.25, -0.2) is 0 Å². The van der Waals surface area contributed by atoms with Crippen LogP contribution in [0, 0.1) is 5.75 Å². The van der Waals surface area contributed by atoms with Crippen molar-refractivity contribution in [3.8, 4) is 0 Å². The predicted octanol–water partition coefficient (Wildman–Crippen LogP) is 11.7. The topological polar surface area (TPSA) is 0 Å². The van der Waals surface area contributed by atoms with Gasteiger partial charge in [0.1, 0.15) is 0 Å². The zero-order valence-electron chi connectivity index (χ0n) is 21.4. The molecule has 1 radical (unpaired) electrons. The number of rotatable bonds is 27. The predicted molar refractivity (Wildman–Crippen MR) is 144 cm³/mol. The van der Waals surface area contributed by atoms with Crippen molar-refractivity contribution in [3.63, 3.8) is 0 Å². The van der Waals surface area contributed by atoms with Crippen molar-refractivity contribution in [2.24, 2.45) is 0 Å². The van der Waals surface area contributed by atoms with Crippen molar-refractivity contribution in [2.75, 3.05) is 5.75 Å². The van der Waals surface area contributed by atoms with Crippen molar-refractivity contribution in [3.05, 3.63) is 5.75 Å². The van der Waals surface area contributed by atoms with Crippen LogP contribution in [0.2, 0.25) is 0 Å². The van der Waals surface area contributed by atoms with E-state index in [9.17, 15) is 0 Å². The average molecular weight is 440 g/mol. The highest BCUT2D eigenvalue weighted by Crippen LogP contribution is 2.16. The minimum atomic E-state index is 1.21. The van der Waals surface area contributed by atoms with Crippen LogP contribution in [0.5, 0.6) is 0 Å². The Balaban J connectivity index is 2.97. The lowest BCUT2D eigenvalue weighted by molar-refractivity contribution is 0.518. The van der Waals surface area contributed by atoms with E-state index in [1.165, 1.54) is 166 Å². The molecular formula is C29H59S. The Kier molecular flexibility index (Phi) is 29.7. The zero-order chi connectivity index (χ0) is 21.8. The molecule has 0 aliphatic carbocycles. The molecule has 0 atom stereocenters. The highest BCUT2D eigenvalue weighted by molar-refractivity contribution is 8.01. The Morgan fingerprint density at radius 3 is 0.900 bits per heavy atom. The van der Waals surface area contributed by atoms with Crippen molar-refractivity contribution in [1.29, 1.82) is 0 Å². The van der Waals surface area contributed by atoms with E-state index in [0.717, 1.165) is 0 Å². The SMILES string of the molecule is CC[CH]SCCCCCCCCCCCCCCCCCCCCCCCCCC. The van der Waals surface area contributed by atoms with Gasteiger partial charge in [0, 0.05) is 5.75 Å². The standard InChI is InChI=1S/C29H59S/c1-3-5-6-7-8-9-10-11-12-13-14-15-16-17-18-19-20-21-22-23-24-25-26-27-29-30-28-4-2/h28H,3-27,29H2,1-2H3. The van der Waals surface area contributed by atoms with Gasteiger partial charge in [0.2, 0.25) is 0 Å². The summed E-state index contributed by atoms with van der Waals surface area (Å²) < 4.78 is 0. The van der Waals surface area contributed by atoms with Gasteiger partial charge in [-0.15, -0.1) is 0 Å². The maximum atomic E-state index is 2.35. The zero-order valence-corrected chi connectivity index (χ0v) is 22.2. The van der Waals surface area contributed by atoms with E-state index >= 15 is 0 Å². The Labute approximate surface area is 197 Å². The molecule has 0 N–H and O–H groups in total. The third-order valence-corrected chi connectivity index (χ3v) is 7.49. The molecule has 0 aromatic rings. The molecule has 181 valence electrons. The van der Waals surface area contributed by atoms with E-state index in [-0.39, 0.29) is 0 Å². The van der Waals surface area contributed by atoms with E-state index in [1.54, 1.807) is 0 Å². The number of thioether (sulfide) groups is 1. The maximum absolute atomic E-state index is 2.35. The summed E-state index contributed by atoms with van der Waals surface area (Å²) in [5, 5.41) is 0. The Morgan fingerprint density at radius 2 is 0.633 bits per heavy atom. The van der Waals surface area contributed by atoms with Gasteiger partial charge in [0.05, 0.1) is 0 Å². The largest absolute Gasteiger partial charge is 0.157 e. The molecule has 0 unspecified atom stereocenters. The van der Waals surface area contributed by atoms with Crippen LogP contribution in [-0.4, -0.2) is 5.75 Å². The Bertz CT molecular complexity index is 248. The first-order valence-corrected chi connectivity index (χ1v) is 15.4. The summed E-state index contributed by atoms with van der Waals surface area (Å²) in [6.07, 6.45) is 36.6. The fourth-order valence-electron chi connectivity index (χ4n) is 4.35. The summed E-state index contributed by atoms with van der Waals surface area (Å²) in [6.45, 7) is 4.53. The molecule has 0 fully saturated rings. The molecule has 0 nitrogen and oxygen atoms in total. The van der Waals surface area contributed by atoms with Gasteiger partial charge >= 0.3 is 0 Å². The fourth-order valence-corrected chi connectivity index (χ4v) is 5.12. The Morgan fingerprint density at radius 1 is 0.367 bits per heavy atom. The summed E-state index contributed by atoms with van der Waals surface area (Å²) >= 11 is 2.02. The molecule has 0 heterocycles. The monoisotopic (exact) mass is 439 g/mol. The first kappa shape index (κ1) is 30.4. The molecule has 0 rings (SSSR count). The summed E-state index contributed by atoms with van der Waals surface area (Å²) in [5.41, 5.74) is 0. The molecule has 0 aliphatic heterocycles. The van der Waals surface area contributed by atoms with Gasteiger partial charge < -0.3 is 0 Å². The third-order valence-electron chi connectivity index (χ3n) is 6.40. The van der Waals surface area contributed by atoms with Crippen LogP contribution in [0.4, 0.5) is 0 Å². The van der Waals surface area contributed by atoms with Gasteiger partial charge in [-0.05, 0) is 18.6 Å². The summed E-state index contributed by atoms with van der Waals surface area (Å²) in [6, 6.07) is 0. The fraction of sp³-hybridized carbons (Fsp3) is 0.966. The first-order valence-electron chi connectivity index (χ1n) is 14.3. The van der Waals surface area contributed by atoms with Crippen molar-refractivity contribution < 1.29 is 0 Å². The average Bonchev–Trinajstić information content (AvgIpc) is 2.76. The molecule has 0 saturated carbocycles. The van der Waals surface area contributed by atoms with Gasteiger partial charge in [-0.1, -0.05) is 162 Å². The molecule has 0 amide bonds. The number of unbranched alkanes of at least 4 members (excludes halogenated alkanes) is 23. The molecule has 1 heteroatoms. The summed E-state index contributed by atoms with van der Waals surface area (Å²) in [5.74, 6) is 3.69. The van der Waals surface area contributed by atoms with Crippen LogP contribution in [-0.2, 0) is 0 Å². The smallest absolute Gasteiger partial charge is 0.0163 e. The van der Waals surface area contributed by atoms with Crippen LogP contribution in [0.25, 0.3) is 0 Å². The lowest BCUT2D eigenvalue weighted by atomic mass is 10.0. The number of hydrogen-bond donors (Lipinski definition) is 0. The lowest BCUT2D eigenvalue weighted by Gasteiger charge is -2.04. The van der Waals surface area contributed by atoms with E-state index < -0.39 is 0 Å². The second-order valence-corrected chi connectivity index (χ2v) is 10.7. The van der Waals surface area contributed by atoms with Gasteiger partial charge in [-0.2, -0.15) is 11.8 Å². The van der Waals surface area contributed by atoms with Crippen LogP contribution in [0.3, 0.4) is 0 Å². The molecule has 0 spiro atoms. The number of hydrogen-bond acceptors (Lipinski definition) is 1. The molecule has 0 saturated heterocycles. The van der Waals surface area contributed by atoms with Crippen LogP contribution >= 0.6 is 11.8 Å². The summed E-state index contributed by atoms with van der Waals surface area (Å²) in [4.78, 5) is 0. The van der Waals surface area contributed by atoms with E-state index in [2.05, 4.69) is 19.6 Å². The second kappa shape index (κ2) is 29.4. The normalized spacial score (nSPS) is 11.4. The quantitative estimate of drug-likeness (QED) is 0.115. The maximum Gasteiger partial charge on any atom is 0.0163 e. The summed E-state index contributed by atoms with van der Waals surface area (Å²) in [7, 11) is 0. The molecule has 0 bridgehead atoms. The molecule has 30 heavy (non-hydrogen) atoms. The van der Waals surface area contributed by atoms with Gasteiger partial charge in [0.15, 0.2) is 0 Å². The van der Waals surface area contributed by atoms with Crippen LogP contribution in [0.15, 0.2) is 0 Å².